The van der Waals surface area contributed by atoms with Gasteiger partial charge in [0.2, 0.25) is 0 Å². The van der Waals surface area contributed by atoms with Crippen molar-refractivity contribution in [3.63, 3.8) is 0 Å². The van der Waals surface area contributed by atoms with E-state index in [1.165, 1.54) is 0 Å². The fourth-order valence-electron chi connectivity index (χ4n) is 2.34. The van der Waals surface area contributed by atoms with Gasteiger partial charge in [0.1, 0.15) is 6.10 Å². The first-order chi connectivity index (χ1) is 10.4. The largest absolute Gasteiger partial charge is 0.389 e. The van der Waals surface area contributed by atoms with Crippen molar-refractivity contribution in [3.8, 4) is 0 Å². The summed E-state index contributed by atoms with van der Waals surface area (Å²) in [6.07, 6.45) is -4.30. The van der Waals surface area contributed by atoms with Crippen LogP contribution in [0.5, 0.6) is 0 Å². The van der Waals surface area contributed by atoms with Crippen LogP contribution in [0.15, 0.2) is 24.3 Å². The molecule has 1 aliphatic rings. The zero-order valence-electron chi connectivity index (χ0n) is 12.4. The zero-order valence-corrected chi connectivity index (χ0v) is 13.3. The van der Waals surface area contributed by atoms with Crippen LogP contribution in [0.3, 0.4) is 0 Å². The quantitative estimate of drug-likeness (QED) is 0.856. The molecule has 2 atom stereocenters. The minimum atomic E-state index is -4.16. The maximum Gasteiger partial charge on any atom is 0.389 e. The highest BCUT2D eigenvalue weighted by molar-refractivity contribution is 5.94. The van der Waals surface area contributed by atoms with E-state index in [9.17, 15) is 18.0 Å². The summed E-state index contributed by atoms with van der Waals surface area (Å²) in [6, 6.07) is 6.36. The van der Waals surface area contributed by atoms with Gasteiger partial charge >= 0.3 is 6.18 Å². The van der Waals surface area contributed by atoms with E-state index in [4.69, 9.17) is 10.5 Å². The number of hydrogen-bond acceptors (Lipinski definition) is 3. The Hall–Kier alpha value is -1.31. The third kappa shape index (κ3) is 6.37. The summed E-state index contributed by atoms with van der Waals surface area (Å²) >= 11 is 0. The first-order valence-corrected chi connectivity index (χ1v) is 7.19. The number of alkyl halides is 3. The van der Waals surface area contributed by atoms with E-state index in [1.54, 1.807) is 24.3 Å². The molecular formula is C15H20ClF3N2O2. The van der Waals surface area contributed by atoms with E-state index in [-0.39, 0.29) is 30.8 Å². The normalized spacial score (nSPS) is 20.9. The molecule has 0 aliphatic carbocycles. The average molecular weight is 353 g/mol. The lowest BCUT2D eigenvalue weighted by molar-refractivity contribution is -0.134. The molecule has 3 N–H and O–H groups in total. The molecule has 0 saturated carbocycles. The number of anilines is 1. The summed E-state index contributed by atoms with van der Waals surface area (Å²) in [4.78, 5) is 12.0. The van der Waals surface area contributed by atoms with Crippen LogP contribution in [0, 0.1) is 0 Å². The second-order valence-electron chi connectivity index (χ2n) is 5.36. The van der Waals surface area contributed by atoms with Gasteiger partial charge in [-0.05, 0) is 37.0 Å². The topological polar surface area (TPSA) is 64.4 Å². The third-order valence-corrected chi connectivity index (χ3v) is 3.58. The number of carbonyl (C=O) groups is 1. The fourth-order valence-corrected chi connectivity index (χ4v) is 2.34. The molecule has 1 aliphatic heterocycles. The molecule has 8 heteroatoms. The molecule has 0 spiro atoms. The van der Waals surface area contributed by atoms with Gasteiger partial charge in [0.25, 0.3) is 5.91 Å². The van der Waals surface area contributed by atoms with E-state index in [0.29, 0.717) is 24.2 Å². The Morgan fingerprint density at radius 2 is 1.91 bits per heavy atom. The summed E-state index contributed by atoms with van der Waals surface area (Å²) < 4.78 is 41.9. The maximum absolute atomic E-state index is 12.1. The Bertz CT molecular complexity index is 508. The van der Waals surface area contributed by atoms with E-state index in [2.05, 4.69) is 5.32 Å². The third-order valence-electron chi connectivity index (χ3n) is 3.58. The standard InChI is InChI=1S/C15H19F3N2O2.ClH/c16-15(17,18)8-7-10-1-3-11(4-2-10)20-14(21)13-6-5-12(9-19)22-13;/h1-4,12-13H,5-9,19H2,(H,20,21);1H/t12-,13+;/m1./s1. The molecule has 0 radical (unpaired) electrons. The monoisotopic (exact) mass is 352 g/mol. The number of rotatable bonds is 5. The Balaban J connectivity index is 0.00000264. The van der Waals surface area contributed by atoms with Crippen LogP contribution >= 0.6 is 12.4 Å². The Morgan fingerprint density at radius 1 is 1.26 bits per heavy atom. The van der Waals surface area contributed by atoms with Gasteiger partial charge in [0, 0.05) is 18.7 Å². The van der Waals surface area contributed by atoms with Crippen molar-refractivity contribution in [2.45, 2.75) is 44.1 Å². The van der Waals surface area contributed by atoms with Gasteiger partial charge in [-0.2, -0.15) is 13.2 Å². The summed E-state index contributed by atoms with van der Waals surface area (Å²) in [5, 5.41) is 2.70. The van der Waals surface area contributed by atoms with Gasteiger partial charge in [-0.1, -0.05) is 12.1 Å². The molecule has 1 fully saturated rings. The van der Waals surface area contributed by atoms with Gasteiger partial charge in [-0.25, -0.2) is 0 Å². The number of benzene rings is 1. The van der Waals surface area contributed by atoms with Crippen molar-refractivity contribution in [1.29, 1.82) is 0 Å². The number of carbonyl (C=O) groups excluding carboxylic acids is 1. The van der Waals surface area contributed by atoms with Crippen molar-refractivity contribution in [1.82, 2.24) is 0 Å². The lowest BCUT2D eigenvalue weighted by Crippen LogP contribution is -2.29. The fraction of sp³-hybridized carbons (Fsp3) is 0.533. The molecule has 1 amide bonds. The van der Waals surface area contributed by atoms with Crippen LogP contribution in [0.2, 0.25) is 0 Å². The van der Waals surface area contributed by atoms with Crippen molar-refractivity contribution in [2.24, 2.45) is 5.73 Å². The van der Waals surface area contributed by atoms with Gasteiger partial charge < -0.3 is 15.8 Å². The van der Waals surface area contributed by atoms with E-state index in [0.717, 1.165) is 6.42 Å². The average Bonchev–Trinajstić information content (AvgIpc) is 2.95. The van der Waals surface area contributed by atoms with E-state index in [1.807, 2.05) is 0 Å². The highest BCUT2D eigenvalue weighted by Gasteiger charge is 2.30. The predicted molar refractivity (Wildman–Crippen MR) is 83.6 cm³/mol. The van der Waals surface area contributed by atoms with Crippen LogP contribution in [0.25, 0.3) is 0 Å². The van der Waals surface area contributed by atoms with Crippen LogP contribution < -0.4 is 11.1 Å². The number of amides is 1. The lowest BCUT2D eigenvalue weighted by Gasteiger charge is -2.13. The van der Waals surface area contributed by atoms with E-state index >= 15 is 0 Å². The molecule has 1 heterocycles. The molecular weight excluding hydrogens is 333 g/mol. The molecule has 1 saturated heterocycles. The second-order valence-corrected chi connectivity index (χ2v) is 5.36. The van der Waals surface area contributed by atoms with Crippen LogP contribution in [-0.2, 0) is 16.0 Å². The number of ether oxygens (including phenoxy) is 1. The summed E-state index contributed by atoms with van der Waals surface area (Å²) in [5.74, 6) is -0.251. The number of nitrogens with two attached hydrogens (primary N) is 1. The van der Waals surface area contributed by atoms with Crippen molar-refractivity contribution < 1.29 is 22.7 Å². The number of nitrogens with one attached hydrogen (secondary N) is 1. The van der Waals surface area contributed by atoms with Gasteiger partial charge in [0.05, 0.1) is 6.10 Å². The van der Waals surface area contributed by atoms with Gasteiger partial charge in [-0.3, -0.25) is 4.79 Å². The molecule has 0 aromatic heterocycles. The minimum absolute atomic E-state index is 0. The van der Waals surface area contributed by atoms with Crippen molar-refractivity contribution in [2.75, 3.05) is 11.9 Å². The lowest BCUT2D eigenvalue weighted by atomic mass is 10.1. The molecule has 2 rings (SSSR count). The Morgan fingerprint density at radius 3 is 2.43 bits per heavy atom. The highest BCUT2D eigenvalue weighted by Crippen LogP contribution is 2.23. The molecule has 0 unspecified atom stereocenters. The molecule has 23 heavy (non-hydrogen) atoms. The minimum Gasteiger partial charge on any atom is -0.364 e. The number of aryl methyl sites for hydroxylation is 1. The van der Waals surface area contributed by atoms with Crippen LogP contribution in [-0.4, -0.2) is 30.8 Å². The Kier molecular flexibility index (Phi) is 7.31. The van der Waals surface area contributed by atoms with E-state index < -0.39 is 18.7 Å². The molecule has 1 aromatic carbocycles. The van der Waals surface area contributed by atoms with Gasteiger partial charge in [0.15, 0.2) is 0 Å². The molecule has 1 aromatic rings. The zero-order chi connectivity index (χ0) is 16.2. The predicted octanol–water partition coefficient (Wildman–Crippen LogP) is 3.05. The second kappa shape index (κ2) is 8.52. The number of hydrogen-bond donors (Lipinski definition) is 2. The maximum atomic E-state index is 12.1. The Labute approximate surface area is 139 Å². The SMILES string of the molecule is Cl.NC[C@H]1CC[C@@H](C(=O)Nc2ccc(CCC(F)(F)F)cc2)O1. The molecule has 4 nitrogen and oxygen atoms in total. The first kappa shape index (κ1) is 19.7. The smallest absolute Gasteiger partial charge is 0.364 e. The van der Waals surface area contributed by atoms with Crippen LogP contribution in [0.1, 0.15) is 24.8 Å². The van der Waals surface area contributed by atoms with Crippen molar-refractivity contribution in [3.05, 3.63) is 29.8 Å². The number of halogens is 4. The van der Waals surface area contributed by atoms with Crippen LogP contribution in [0.4, 0.5) is 18.9 Å². The summed E-state index contributed by atoms with van der Waals surface area (Å²) in [6.45, 7) is 0.387. The highest BCUT2D eigenvalue weighted by atomic mass is 35.5. The van der Waals surface area contributed by atoms with Crippen molar-refractivity contribution >= 4 is 24.0 Å². The molecule has 130 valence electrons. The molecule has 0 bridgehead atoms. The summed E-state index contributed by atoms with van der Waals surface area (Å²) in [7, 11) is 0. The first-order valence-electron chi connectivity index (χ1n) is 7.19. The summed E-state index contributed by atoms with van der Waals surface area (Å²) in [5.41, 5.74) is 6.61. The van der Waals surface area contributed by atoms with Gasteiger partial charge in [-0.15, -0.1) is 12.4 Å².